The molecule has 1 aromatic rings. The van der Waals surface area contributed by atoms with Crippen LogP contribution in [0.15, 0.2) is 47.1 Å². The lowest BCUT2D eigenvalue weighted by atomic mass is 9.49. The number of ketones is 1. The van der Waals surface area contributed by atoms with Crippen LogP contribution in [0.4, 0.5) is 5.69 Å². The highest BCUT2D eigenvalue weighted by Crippen LogP contribution is 2.67. The lowest BCUT2D eigenvalue weighted by Gasteiger charge is -2.55. The quantitative estimate of drug-likeness (QED) is 0.634. The normalized spacial score (nSPS) is 36.6. The van der Waals surface area contributed by atoms with E-state index >= 15 is 0 Å². The highest BCUT2D eigenvalue weighted by molar-refractivity contribution is 5.93. The zero-order chi connectivity index (χ0) is 24.3. The Kier molecular flexibility index (Phi) is 5.78. The van der Waals surface area contributed by atoms with Crippen LogP contribution in [0.25, 0.3) is 0 Å². The Morgan fingerprint density at radius 1 is 1.18 bits per heavy atom. The van der Waals surface area contributed by atoms with Crippen molar-refractivity contribution in [3.05, 3.63) is 52.6 Å². The third kappa shape index (κ3) is 3.48. The summed E-state index contributed by atoms with van der Waals surface area (Å²) in [6, 6.07) is 8.87. The van der Waals surface area contributed by atoms with Gasteiger partial charge in [-0.2, -0.15) is 0 Å². The van der Waals surface area contributed by atoms with Crippen LogP contribution in [0.2, 0.25) is 0 Å². The Bertz CT molecular complexity index is 1120. The van der Waals surface area contributed by atoms with Crippen molar-refractivity contribution in [3.8, 4) is 11.8 Å². The van der Waals surface area contributed by atoms with Crippen molar-refractivity contribution in [3.63, 3.8) is 0 Å². The summed E-state index contributed by atoms with van der Waals surface area (Å²) in [7, 11) is 4.11. The van der Waals surface area contributed by atoms with Crippen molar-refractivity contribution >= 4 is 11.5 Å². The number of rotatable bonds is 2. The number of carbonyl (C=O) groups is 1. The molecular formula is C30H37NO3. The first kappa shape index (κ1) is 23.4. The molecule has 0 spiro atoms. The average molecular weight is 460 g/mol. The third-order valence-electron chi connectivity index (χ3n) is 9.41. The van der Waals surface area contributed by atoms with Crippen LogP contribution in [0.1, 0.15) is 63.9 Å². The fraction of sp³-hybridized carbons (Fsp3) is 0.567. The molecule has 5 rings (SSSR count). The number of aliphatic hydroxyl groups excluding tert-OH is 1. The highest BCUT2D eigenvalue weighted by atomic mass is 16.3. The molecule has 0 heterocycles. The van der Waals surface area contributed by atoms with Crippen LogP contribution in [-0.2, 0) is 4.79 Å². The van der Waals surface area contributed by atoms with Crippen molar-refractivity contribution in [1.82, 2.24) is 0 Å². The summed E-state index contributed by atoms with van der Waals surface area (Å²) in [5, 5.41) is 21.2. The molecule has 0 saturated heterocycles. The Hall–Kier alpha value is -2.35. The summed E-state index contributed by atoms with van der Waals surface area (Å²) in [6.45, 7) is 4.34. The van der Waals surface area contributed by atoms with Crippen LogP contribution >= 0.6 is 0 Å². The predicted molar refractivity (Wildman–Crippen MR) is 135 cm³/mol. The van der Waals surface area contributed by atoms with Gasteiger partial charge < -0.3 is 15.1 Å². The maximum absolute atomic E-state index is 12.3. The number of anilines is 1. The van der Waals surface area contributed by atoms with Gasteiger partial charge in [-0.3, -0.25) is 4.79 Å². The maximum atomic E-state index is 12.3. The van der Waals surface area contributed by atoms with Gasteiger partial charge in [0.15, 0.2) is 5.78 Å². The monoisotopic (exact) mass is 459 g/mol. The van der Waals surface area contributed by atoms with E-state index in [4.69, 9.17) is 0 Å². The average Bonchev–Trinajstić information content (AvgIpc) is 3.07. The van der Waals surface area contributed by atoms with E-state index in [-0.39, 0.29) is 23.7 Å². The molecule has 0 aromatic heterocycles. The Morgan fingerprint density at radius 3 is 2.59 bits per heavy atom. The summed E-state index contributed by atoms with van der Waals surface area (Å²) in [5.74, 6) is 7.47. The minimum atomic E-state index is -1.09. The minimum absolute atomic E-state index is 0.192. The van der Waals surface area contributed by atoms with E-state index in [2.05, 4.69) is 68.9 Å². The second-order valence-corrected chi connectivity index (χ2v) is 11.4. The third-order valence-corrected chi connectivity index (χ3v) is 9.41. The molecule has 180 valence electrons. The molecule has 2 N–H and O–H groups in total. The Balaban J connectivity index is 1.69. The number of nitrogens with zero attached hydrogens (tertiary/aromatic N) is 1. The minimum Gasteiger partial charge on any atom is -0.384 e. The molecule has 0 aliphatic heterocycles. The fourth-order valence-corrected chi connectivity index (χ4v) is 7.71. The van der Waals surface area contributed by atoms with Crippen molar-refractivity contribution < 1.29 is 15.0 Å². The molecule has 4 aliphatic carbocycles. The van der Waals surface area contributed by atoms with Gasteiger partial charge in [0, 0.05) is 37.5 Å². The number of benzene rings is 1. The lowest BCUT2D eigenvalue weighted by Crippen LogP contribution is -2.52. The first-order valence-corrected chi connectivity index (χ1v) is 12.8. The molecule has 0 bridgehead atoms. The molecule has 2 saturated carbocycles. The first-order valence-electron chi connectivity index (χ1n) is 12.8. The maximum Gasteiger partial charge on any atom is 0.156 e. The Morgan fingerprint density at radius 2 is 1.91 bits per heavy atom. The standard InChI is InChI=1S/C30H37NO3/c1-19-16-21-17-23(33)10-11-24(21)28-25(20-6-8-22(9-7-20)31(3)4)18-29(2)26(27(19)28)12-14-30(29,34)13-5-15-32/h6-9,17,19,25-27,32,34H,10-12,14-16,18H2,1-4H3/t19-,25+,26-,27-,29-,30-/m0/s1. The molecule has 0 unspecified atom stereocenters. The number of fused-ring (bicyclic) bond motifs is 4. The largest absolute Gasteiger partial charge is 0.384 e. The topological polar surface area (TPSA) is 60.8 Å². The van der Waals surface area contributed by atoms with E-state index in [1.165, 1.54) is 28.0 Å². The van der Waals surface area contributed by atoms with Gasteiger partial charge in [0.1, 0.15) is 12.2 Å². The van der Waals surface area contributed by atoms with E-state index in [0.717, 1.165) is 25.7 Å². The van der Waals surface area contributed by atoms with Crippen molar-refractivity contribution in [2.45, 2.75) is 63.9 Å². The SMILES string of the molecule is C[C@H]1CC2=CC(=O)CCC2=C2[C@@H]1[C@@H]1CC[C@@](O)(C#CCO)[C@@]1(C)C[C@@H]2c1ccc(N(C)C)cc1. The zero-order valence-electron chi connectivity index (χ0n) is 20.9. The summed E-state index contributed by atoms with van der Waals surface area (Å²) in [5.41, 5.74) is 5.21. The molecular weight excluding hydrogens is 422 g/mol. The van der Waals surface area contributed by atoms with Crippen LogP contribution in [-0.4, -0.2) is 42.3 Å². The molecule has 6 atom stereocenters. The smallest absolute Gasteiger partial charge is 0.156 e. The summed E-state index contributed by atoms with van der Waals surface area (Å²) >= 11 is 0. The lowest BCUT2D eigenvalue weighted by molar-refractivity contribution is -0.114. The van der Waals surface area contributed by atoms with Gasteiger partial charge in [0.2, 0.25) is 0 Å². The summed E-state index contributed by atoms with van der Waals surface area (Å²) in [4.78, 5) is 14.4. The van der Waals surface area contributed by atoms with Crippen molar-refractivity contribution in [1.29, 1.82) is 0 Å². The molecule has 34 heavy (non-hydrogen) atoms. The van der Waals surface area contributed by atoms with E-state index in [0.29, 0.717) is 30.6 Å². The number of hydrogen-bond acceptors (Lipinski definition) is 4. The molecule has 1 aromatic carbocycles. The van der Waals surface area contributed by atoms with Crippen LogP contribution in [0.5, 0.6) is 0 Å². The molecule has 4 aliphatic rings. The highest BCUT2D eigenvalue weighted by Gasteiger charge is 2.63. The second-order valence-electron chi connectivity index (χ2n) is 11.4. The van der Waals surface area contributed by atoms with E-state index < -0.39 is 5.60 Å². The van der Waals surface area contributed by atoms with E-state index in [9.17, 15) is 15.0 Å². The van der Waals surface area contributed by atoms with Gasteiger partial charge in [-0.05, 0) is 84.8 Å². The number of aliphatic hydroxyl groups is 2. The van der Waals surface area contributed by atoms with Crippen LogP contribution in [0, 0.1) is 35.0 Å². The molecule has 0 amide bonds. The number of allylic oxidation sites excluding steroid dienone is 4. The molecule has 2 fully saturated rings. The number of hydrogen-bond donors (Lipinski definition) is 2. The van der Waals surface area contributed by atoms with E-state index in [1.807, 2.05) is 6.08 Å². The van der Waals surface area contributed by atoms with Gasteiger partial charge in [0.05, 0.1) is 0 Å². The van der Waals surface area contributed by atoms with Crippen LogP contribution < -0.4 is 4.90 Å². The fourth-order valence-electron chi connectivity index (χ4n) is 7.71. The molecule has 4 heteroatoms. The first-order chi connectivity index (χ1) is 16.2. The van der Waals surface area contributed by atoms with Gasteiger partial charge in [-0.15, -0.1) is 0 Å². The second kappa shape index (κ2) is 8.40. The predicted octanol–water partition coefficient (Wildman–Crippen LogP) is 4.62. The Labute approximate surface area is 203 Å². The van der Waals surface area contributed by atoms with Crippen LogP contribution in [0.3, 0.4) is 0 Å². The van der Waals surface area contributed by atoms with Gasteiger partial charge in [-0.25, -0.2) is 0 Å². The molecule has 4 nitrogen and oxygen atoms in total. The van der Waals surface area contributed by atoms with Crippen molar-refractivity contribution in [2.24, 2.45) is 23.2 Å². The zero-order valence-corrected chi connectivity index (χ0v) is 20.9. The van der Waals surface area contributed by atoms with Gasteiger partial charge in [0.25, 0.3) is 0 Å². The van der Waals surface area contributed by atoms with Crippen molar-refractivity contribution in [2.75, 3.05) is 25.6 Å². The van der Waals surface area contributed by atoms with E-state index in [1.54, 1.807) is 0 Å². The number of carbonyl (C=O) groups excluding carboxylic acids is 1. The van der Waals surface area contributed by atoms with Gasteiger partial charge >= 0.3 is 0 Å². The summed E-state index contributed by atoms with van der Waals surface area (Å²) in [6.07, 6.45) is 6.73. The summed E-state index contributed by atoms with van der Waals surface area (Å²) < 4.78 is 0. The van der Waals surface area contributed by atoms with Gasteiger partial charge in [-0.1, -0.05) is 43.4 Å². The molecule has 0 radical (unpaired) electrons.